The van der Waals surface area contributed by atoms with E-state index >= 15 is 0 Å². The molecule has 0 amide bonds. The van der Waals surface area contributed by atoms with Gasteiger partial charge in [0, 0.05) is 20.1 Å². The molecule has 1 fully saturated rings. The van der Waals surface area contributed by atoms with Crippen LogP contribution in [0, 0.1) is 5.92 Å². The maximum atomic E-state index is 14.0. The second-order valence-corrected chi connectivity index (χ2v) is 9.93. The average molecular weight is 352 g/mol. The lowest BCUT2D eigenvalue weighted by molar-refractivity contribution is -0.0432. The highest BCUT2D eigenvalue weighted by molar-refractivity contribution is 8.36. The van der Waals surface area contributed by atoms with Gasteiger partial charge in [0.25, 0.3) is 10.1 Å². The first kappa shape index (κ1) is 15.9. The van der Waals surface area contributed by atoms with Crippen molar-refractivity contribution in [1.29, 1.82) is 0 Å². The zero-order chi connectivity index (χ0) is 16.2. The fraction of sp³-hybridized carbons (Fsp3) is 0.429. The van der Waals surface area contributed by atoms with Crippen LogP contribution in [0.5, 0.6) is 0 Å². The van der Waals surface area contributed by atoms with E-state index in [1.807, 2.05) is 0 Å². The lowest BCUT2D eigenvalue weighted by Crippen LogP contribution is -2.29. The standard InChI is InChI=1S/C14H15F3O3S2/c1-21(18,19)20-22(14(15,16)17)12-8-3-2-5-11(12)9-13(22)10-6-4-7-10/h2-3,5,8-10H,4,6-7H2,1H3. The van der Waals surface area contributed by atoms with Crippen molar-refractivity contribution in [2.75, 3.05) is 6.26 Å². The number of fused-ring (bicyclic) bond motifs is 1. The number of hydrogen-bond donors (Lipinski definition) is 0. The van der Waals surface area contributed by atoms with E-state index < -0.39 is 25.9 Å². The number of halogens is 3. The molecular weight excluding hydrogens is 337 g/mol. The molecule has 1 unspecified atom stereocenters. The molecule has 0 N–H and O–H groups in total. The Morgan fingerprint density at radius 2 is 1.86 bits per heavy atom. The van der Waals surface area contributed by atoms with Gasteiger partial charge in [-0.05, 0) is 36.5 Å². The SMILES string of the molecule is CS(=O)(=O)OS1(C(F)(F)F)C(C2CCC2)=Cc2ccccc21. The van der Waals surface area contributed by atoms with Crippen LogP contribution in [0.4, 0.5) is 13.2 Å². The summed E-state index contributed by atoms with van der Waals surface area (Å²) in [6.07, 6.45) is 4.28. The quantitative estimate of drug-likeness (QED) is 0.809. The Hall–Kier alpha value is -0.990. The first-order valence-corrected chi connectivity index (χ1v) is 10.1. The lowest BCUT2D eigenvalue weighted by atomic mass is 9.85. The van der Waals surface area contributed by atoms with Crippen molar-refractivity contribution in [1.82, 2.24) is 0 Å². The summed E-state index contributed by atoms with van der Waals surface area (Å²) < 4.78 is 70.0. The van der Waals surface area contributed by atoms with E-state index in [1.165, 1.54) is 18.2 Å². The van der Waals surface area contributed by atoms with E-state index in [-0.39, 0.29) is 15.7 Å². The van der Waals surface area contributed by atoms with Gasteiger partial charge in [0.15, 0.2) is 0 Å². The predicted octanol–water partition coefficient (Wildman–Crippen LogP) is 4.42. The van der Waals surface area contributed by atoms with E-state index in [0.29, 0.717) is 24.7 Å². The van der Waals surface area contributed by atoms with Gasteiger partial charge in [0.2, 0.25) is 0 Å². The lowest BCUT2D eigenvalue weighted by Gasteiger charge is -2.43. The van der Waals surface area contributed by atoms with E-state index in [2.05, 4.69) is 0 Å². The van der Waals surface area contributed by atoms with E-state index in [0.717, 1.165) is 6.42 Å². The second-order valence-electron chi connectivity index (χ2n) is 5.49. The van der Waals surface area contributed by atoms with Crippen molar-refractivity contribution < 1.29 is 25.2 Å². The van der Waals surface area contributed by atoms with Crippen LogP contribution in [0.2, 0.25) is 0 Å². The van der Waals surface area contributed by atoms with Crippen molar-refractivity contribution in [3.63, 3.8) is 0 Å². The van der Waals surface area contributed by atoms with Gasteiger partial charge >= 0.3 is 5.51 Å². The second kappa shape index (κ2) is 5.01. The van der Waals surface area contributed by atoms with Gasteiger partial charge in [-0.3, -0.25) is 0 Å². The van der Waals surface area contributed by atoms with Crippen molar-refractivity contribution in [2.45, 2.75) is 29.7 Å². The van der Waals surface area contributed by atoms with Crippen LogP contribution in [0.1, 0.15) is 24.8 Å². The summed E-state index contributed by atoms with van der Waals surface area (Å²) >= 11 is 0. The molecule has 3 rings (SSSR count). The minimum atomic E-state index is -4.77. The molecule has 0 spiro atoms. The number of alkyl halides is 3. The van der Waals surface area contributed by atoms with E-state index in [9.17, 15) is 21.6 Å². The van der Waals surface area contributed by atoms with Gasteiger partial charge in [-0.1, -0.05) is 24.6 Å². The third kappa shape index (κ3) is 2.37. The largest absolute Gasteiger partial charge is 0.456 e. The summed E-state index contributed by atoms with van der Waals surface area (Å²) in [5.74, 6) is -0.259. The molecule has 1 aromatic carbocycles. The highest BCUT2D eigenvalue weighted by Crippen LogP contribution is 2.79. The highest BCUT2D eigenvalue weighted by atomic mass is 32.3. The molecule has 8 heteroatoms. The average Bonchev–Trinajstić information content (AvgIpc) is 2.61. The number of rotatable bonds is 3. The highest BCUT2D eigenvalue weighted by Gasteiger charge is 2.61. The molecule has 1 saturated carbocycles. The van der Waals surface area contributed by atoms with Crippen LogP contribution in [0.15, 0.2) is 34.1 Å². The smallest absolute Gasteiger partial charge is 0.203 e. The van der Waals surface area contributed by atoms with Crippen molar-refractivity contribution in [3.05, 3.63) is 34.7 Å². The summed E-state index contributed by atoms with van der Waals surface area (Å²) in [7, 11) is -8.29. The maximum absolute atomic E-state index is 14.0. The van der Waals surface area contributed by atoms with E-state index in [4.69, 9.17) is 3.63 Å². The van der Waals surface area contributed by atoms with Crippen molar-refractivity contribution >= 4 is 26.5 Å². The van der Waals surface area contributed by atoms with Gasteiger partial charge in [0.05, 0.1) is 6.26 Å². The first-order chi connectivity index (χ1) is 10.2. The third-order valence-electron chi connectivity index (χ3n) is 3.92. The molecule has 0 radical (unpaired) electrons. The van der Waals surface area contributed by atoms with Crippen LogP contribution in [0.3, 0.4) is 0 Å². The Kier molecular flexibility index (Phi) is 3.61. The molecule has 0 aromatic heterocycles. The van der Waals surface area contributed by atoms with Gasteiger partial charge < -0.3 is 0 Å². The van der Waals surface area contributed by atoms with Gasteiger partial charge in [0.1, 0.15) is 0 Å². The van der Waals surface area contributed by atoms with Gasteiger partial charge in [-0.15, -0.1) is 0 Å². The molecule has 22 heavy (non-hydrogen) atoms. The minimum absolute atomic E-state index is 0.0603. The molecule has 1 aromatic rings. The number of benzene rings is 1. The zero-order valence-electron chi connectivity index (χ0n) is 11.8. The molecule has 0 saturated heterocycles. The third-order valence-corrected chi connectivity index (χ3v) is 8.48. The Morgan fingerprint density at radius 1 is 1.23 bits per heavy atom. The number of allylic oxidation sites excluding steroid dienone is 1. The molecular formula is C14H15F3O3S2. The summed E-state index contributed by atoms with van der Waals surface area (Å²) in [4.78, 5) is 0.0349. The summed E-state index contributed by atoms with van der Waals surface area (Å²) in [5, 5.41) is 0. The molecule has 3 nitrogen and oxygen atoms in total. The monoisotopic (exact) mass is 352 g/mol. The summed E-state index contributed by atoms with van der Waals surface area (Å²) in [6, 6.07) is 6.02. The van der Waals surface area contributed by atoms with Crippen molar-refractivity contribution in [2.24, 2.45) is 5.92 Å². The van der Waals surface area contributed by atoms with Crippen LogP contribution in [-0.4, -0.2) is 20.2 Å². The predicted molar refractivity (Wildman–Crippen MR) is 79.6 cm³/mol. The molecule has 1 atom stereocenters. The summed E-state index contributed by atoms with van der Waals surface area (Å²) in [5.41, 5.74) is -4.37. The Labute approximate surface area is 128 Å². The maximum Gasteiger partial charge on any atom is 0.456 e. The first-order valence-electron chi connectivity index (χ1n) is 6.76. The molecule has 2 aliphatic rings. The fourth-order valence-corrected chi connectivity index (χ4v) is 7.73. The van der Waals surface area contributed by atoms with Gasteiger partial charge in [-0.2, -0.15) is 21.6 Å². The Balaban J connectivity index is 2.25. The zero-order valence-corrected chi connectivity index (χ0v) is 13.4. The molecule has 1 aliphatic heterocycles. The normalized spacial score (nSPS) is 28.5. The Morgan fingerprint density at radius 3 is 2.36 bits per heavy atom. The fourth-order valence-electron chi connectivity index (χ4n) is 2.83. The molecule has 1 aliphatic carbocycles. The molecule has 1 heterocycles. The van der Waals surface area contributed by atoms with Crippen LogP contribution < -0.4 is 0 Å². The van der Waals surface area contributed by atoms with Crippen LogP contribution in [-0.2, 0) is 13.7 Å². The molecule has 0 bridgehead atoms. The molecule has 122 valence electrons. The Bertz CT molecular complexity index is 736. The topological polar surface area (TPSA) is 43.4 Å². The van der Waals surface area contributed by atoms with Crippen molar-refractivity contribution in [3.8, 4) is 0 Å². The minimum Gasteiger partial charge on any atom is -0.203 e. The van der Waals surface area contributed by atoms with Gasteiger partial charge in [-0.25, -0.2) is 3.63 Å². The van der Waals surface area contributed by atoms with Crippen LogP contribution >= 0.6 is 10.3 Å². The summed E-state index contributed by atoms with van der Waals surface area (Å²) in [6.45, 7) is 0. The number of hydrogen-bond acceptors (Lipinski definition) is 3. The van der Waals surface area contributed by atoms with E-state index in [1.54, 1.807) is 12.1 Å². The van der Waals surface area contributed by atoms with Crippen LogP contribution in [0.25, 0.3) is 6.08 Å².